The Balaban J connectivity index is 1.11. The van der Waals surface area contributed by atoms with Gasteiger partial charge in [-0.15, -0.1) is 0 Å². The lowest BCUT2D eigenvalue weighted by Gasteiger charge is -2.37. The number of para-hydroxylation sites is 2. The van der Waals surface area contributed by atoms with Gasteiger partial charge in [0, 0.05) is 83.6 Å². The maximum absolute atomic E-state index is 13.5. The first-order valence-electron chi connectivity index (χ1n) is 16.6. The number of aromatic nitrogens is 4. The molecule has 2 atom stereocenters. The first-order chi connectivity index (χ1) is 23.2. The van der Waals surface area contributed by atoms with Gasteiger partial charge in [-0.2, -0.15) is 4.98 Å². The van der Waals surface area contributed by atoms with Crippen LogP contribution in [0.1, 0.15) is 6.42 Å². The number of benzene rings is 2. The van der Waals surface area contributed by atoms with Crippen molar-refractivity contribution in [2.75, 3.05) is 88.1 Å². The monoisotopic (exact) mass is 678 g/mol. The highest BCUT2D eigenvalue weighted by Crippen LogP contribution is 2.30. The number of aliphatic hydroxyl groups is 1. The maximum atomic E-state index is 13.5. The largest absolute Gasteiger partial charge is 0.495 e. The molecule has 0 aliphatic carbocycles. The molecule has 2 fully saturated rings. The van der Waals surface area contributed by atoms with E-state index in [0.717, 1.165) is 73.1 Å². The zero-order valence-corrected chi connectivity index (χ0v) is 28.8. The van der Waals surface area contributed by atoms with Crippen molar-refractivity contribution in [3.63, 3.8) is 0 Å². The average molecular weight is 679 g/mol. The van der Waals surface area contributed by atoms with E-state index < -0.39 is 28.2 Å². The highest BCUT2D eigenvalue weighted by atomic mass is 32.2. The molecule has 0 bridgehead atoms. The third-order valence-electron chi connectivity index (χ3n) is 9.45. The summed E-state index contributed by atoms with van der Waals surface area (Å²) in [4.78, 5) is 41.0. The van der Waals surface area contributed by atoms with Crippen LogP contribution in [0, 0.1) is 0 Å². The number of aryl methyl sites for hydroxylation is 1. The number of imidazole rings is 1. The molecule has 4 aromatic rings. The number of methoxy groups -OCH3 is 1. The second kappa shape index (κ2) is 15.1. The van der Waals surface area contributed by atoms with E-state index >= 15 is 0 Å². The van der Waals surface area contributed by atoms with Gasteiger partial charge in [-0.25, -0.2) is 4.79 Å². The molecule has 6 rings (SSSR count). The molecule has 13 nitrogen and oxygen atoms in total. The van der Waals surface area contributed by atoms with E-state index in [0.29, 0.717) is 42.5 Å². The van der Waals surface area contributed by atoms with Crippen molar-refractivity contribution in [2.24, 2.45) is 14.1 Å². The average Bonchev–Trinajstić information content (AvgIpc) is 3.49. The van der Waals surface area contributed by atoms with E-state index in [1.165, 1.54) is 11.6 Å². The molecular weight excluding hydrogens is 632 g/mol. The predicted molar refractivity (Wildman–Crippen MR) is 189 cm³/mol. The van der Waals surface area contributed by atoms with Crippen molar-refractivity contribution in [3.8, 4) is 5.75 Å². The van der Waals surface area contributed by atoms with Crippen LogP contribution in [0.2, 0.25) is 0 Å². The van der Waals surface area contributed by atoms with Gasteiger partial charge in [-0.05, 0) is 37.2 Å². The SMILES string of the molecule is COc1ccccc1N1CCN(c2nc3c(c(=O)n(C)c(=O)n3C)n2CC(O)CN2CCN(CCCS(=O)c3ccccc3)CC2)CC1. The number of ether oxygens (including phenoxy) is 1. The smallest absolute Gasteiger partial charge is 0.332 e. The summed E-state index contributed by atoms with van der Waals surface area (Å²) in [5.74, 6) is 2.05. The van der Waals surface area contributed by atoms with E-state index in [1.54, 1.807) is 14.2 Å². The molecular formula is C34H46N8O5S. The molecule has 1 N–H and O–H groups in total. The number of hydrogen-bond acceptors (Lipinski definition) is 10. The van der Waals surface area contributed by atoms with Gasteiger partial charge in [0.1, 0.15) is 5.75 Å². The van der Waals surface area contributed by atoms with Crippen molar-refractivity contribution < 1.29 is 14.1 Å². The molecule has 0 spiro atoms. The standard InChI is InChI=1S/C34H46N8O5S/c1-36-31-30(32(44)37(2)34(36)45)42(33(35-31)41-21-19-40(20-22-41)28-12-7-8-13-29(28)47-3)25-26(43)24-39-17-15-38(16-18-39)14-9-23-48(46)27-10-5-4-6-11-27/h4-8,10-13,26,43H,9,14-25H2,1-3H3. The normalized spacial score (nSPS) is 17.6. The molecule has 2 aliphatic rings. The van der Waals surface area contributed by atoms with Crippen molar-refractivity contribution >= 4 is 33.6 Å². The van der Waals surface area contributed by atoms with Crippen molar-refractivity contribution in [1.29, 1.82) is 0 Å². The van der Waals surface area contributed by atoms with E-state index in [9.17, 15) is 18.9 Å². The van der Waals surface area contributed by atoms with Gasteiger partial charge in [0.15, 0.2) is 11.2 Å². The van der Waals surface area contributed by atoms with Crippen LogP contribution in [-0.2, 0) is 31.4 Å². The quantitative estimate of drug-likeness (QED) is 0.232. The number of hydrogen-bond donors (Lipinski definition) is 1. The van der Waals surface area contributed by atoms with Crippen LogP contribution >= 0.6 is 0 Å². The minimum Gasteiger partial charge on any atom is -0.495 e. The highest BCUT2D eigenvalue weighted by Gasteiger charge is 2.28. The Morgan fingerprint density at radius 1 is 0.833 bits per heavy atom. The Hall–Kier alpha value is -3.98. The Kier molecular flexibility index (Phi) is 10.6. The Labute approximate surface area is 283 Å². The zero-order chi connectivity index (χ0) is 33.8. The van der Waals surface area contributed by atoms with Gasteiger partial charge in [0.2, 0.25) is 5.95 Å². The maximum Gasteiger partial charge on any atom is 0.332 e. The molecule has 258 valence electrons. The molecule has 2 aromatic carbocycles. The van der Waals surface area contributed by atoms with Crippen LogP contribution in [0.4, 0.5) is 11.6 Å². The summed E-state index contributed by atoms with van der Waals surface area (Å²) in [6.45, 7) is 7.65. The van der Waals surface area contributed by atoms with Crippen molar-refractivity contribution in [2.45, 2.75) is 24.0 Å². The summed E-state index contributed by atoms with van der Waals surface area (Å²) in [5.41, 5.74) is 0.808. The van der Waals surface area contributed by atoms with Crippen molar-refractivity contribution in [1.82, 2.24) is 28.5 Å². The van der Waals surface area contributed by atoms with Crippen LogP contribution in [-0.4, -0.2) is 122 Å². The summed E-state index contributed by atoms with van der Waals surface area (Å²) in [6.07, 6.45) is 0.114. The first kappa shape index (κ1) is 33.9. The molecule has 2 saturated heterocycles. The fraction of sp³-hybridized carbons (Fsp3) is 0.500. The van der Waals surface area contributed by atoms with Crippen LogP contribution in [0.3, 0.4) is 0 Å². The third-order valence-corrected chi connectivity index (χ3v) is 10.9. The number of piperazine rings is 2. The summed E-state index contributed by atoms with van der Waals surface area (Å²) in [5, 5.41) is 11.4. The summed E-state index contributed by atoms with van der Waals surface area (Å²) in [7, 11) is 3.79. The molecule has 2 aromatic heterocycles. The minimum absolute atomic E-state index is 0.178. The molecule has 0 radical (unpaired) electrons. The highest BCUT2D eigenvalue weighted by molar-refractivity contribution is 7.85. The number of fused-ring (bicyclic) bond motifs is 1. The number of rotatable bonds is 12. The van der Waals surface area contributed by atoms with Crippen molar-refractivity contribution in [3.05, 3.63) is 75.4 Å². The topological polar surface area (TPSA) is 121 Å². The second-order valence-corrected chi connectivity index (χ2v) is 14.1. The third kappa shape index (κ3) is 7.21. The van der Waals surface area contributed by atoms with E-state index in [4.69, 9.17) is 9.72 Å². The summed E-state index contributed by atoms with van der Waals surface area (Å²) >= 11 is 0. The fourth-order valence-electron chi connectivity index (χ4n) is 6.76. The van der Waals surface area contributed by atoms with Gasteiger partial charge in [0.25, 0.3) is 5.56 Å². The number of nitrogens with zero attached hydrogens (tertiary/aromatic N) is 8. The summed E-state index contributed by atoms with van der Waals surface area (Å²) < 4.78 is 22.5. The Morgan fingerprint density at radius 2 is 1.48 bits per heavy atom. The molecule has 0 saturated carbocycles. The van der Waals surface area contributed by atoms with Crippen LogP contribution in [0.5, 0.6) is 5.75 Å². The zero-order valence-electron chi connectivity index (χ0n) is 28.0. The molecule has 2 aliphatic heterocycles. The van der Waals surface area contributed by atoms with Crippen LogP contribution in [0.15, 0.2) is 69.1 Å². The Morgan fingerprint density at radius 3 is 2.19 bits per heavy atom. The number of β-amino-alcohol motifs (C(OH)–C–C–N with tert-alkyl or cyclic N) is 1. The van der Waals surface area contributed by atoms with Crippen LogP contribution < -0.4 is 25.8 Å². The molecule has 2 unspecified atom stereocenters. The predicted octanol–water partition coefficient (Wildman–Crippen LogP) is 0.945. The lowest BCUT2D eigenvalue weighted by molar-refractivity contribution is 0.0651. The van der Waals surface area contributed by atoms with Gasteiger partial charge < -0.3 is 29.1 Å². The number of anilines is 2. The van der Waals surface area contributed by atoms with Gasteiger partial charge in [0.05, 0.1) is 36.2 Å². The Bertz CT molecular complexity index is 1840. The molecule has 0 amide bonds. The lowest BCUT2D eigenvalue weighted by Crippen LogP contribution is -2.49. The summed E-state index contributed by atoms with van der Waals surface area (Å²) in [6, 6.07) is 17.6. The first-order valence-corrected chi connectivity index (χ1v) is 17.9. The van der Waals surface area contributed by atoms with E-state index in [2.05, 4.69) is 19.6 Å². The molecule has 4 heterocycles. The fourth-order valence-corrected chi connectivity index (χ4v) is 7.85. The molecule has 48 heavy (non-hydrogen) atoms. The second-order valence-electron chi connectivity index (χ2n) is 12.6. The molecule has 14 heteroatoms. The van der Waals surface area contributed by atoms with E-state index in [1.807, 2.05) is 59.2 Å². The van der Waals surface area contributed by atoms with Gasteiger partial charge in [-0.1, -0.05) is 30.3 Å². The van der Waals surface area contributed by atoms with Gasteiger partial charge in [-0.3, -0.25) is 23.0 Å². The minimum atomic E-state index is -0.982. The van der Waals surface area contributed by atoms with Gasteiger partial charge >= 0.3 is 5.69 Å². The lowest BCUT2D eigenvalue weighted by atomic mass is 10.2. The number of aliphatic hydroxyl groups excluding tert-OH is 1. The van der Waals surface area contributed by atoms with Crippen LogP contribution in [0.25, 0.3) is 11.2 Å². The van der Waals surface area contributed by atoms with E-state index in [-0.39, 0.29) is 6.54 Å².